The van der Waals surface area contributed by atoms with E-state index in [-0.39, 0.29) is 18.4 Å². The zero-order valence-corrected chi connectivity index (χ0v) is 19.6. The van der Waals surface area contributed by atoms with Crippen LogP contribution >= 0.6 is 0 Å². The van der Waals surface area contributed by atoms with Crippen molar-refractivity contribution < 1.29 is 69.3 Å². The lowest BCUT2D eigenvalue weighted by molar-refractivity contribution is -0.424. The average Bonchev–Trinajstić information content (AvgIpc) is 3.03. The third kappa shape index (κ3) is 2.93. The lowest BCUT2D eigenvalue weighted by Crippen LogP contribution is -2.80. The van der Waals surface area contributed by atoms with Crippen molar-refractivity contribution in [1.82, 2.24) is 0 Å². The molecule has 37 heavy (non-hydrogen) atoms. The van der Waals surface area contributed by atoms with Crippen LogP contribution in [0.3, 0.4) is 0 Å². The van der Waals surface area contributed by atoms with Crippen LogP contribution in [-0.4, -0.2) is 114 Å². The summed E-state index contributed by atoms with van der Waals surface area (Å²) in [5.74, 6) is -5.35. The Bertz CT molecular complexity index is 1120. The summed E-state index contributed by atoms with van der Waals surface area (Å²) < 4.78 is 28.8. The molecule has 4 saturated heterocycles. The summed E-state index contributed by atoms with van der Waals surface area (Å²) in [6.45, 7) is 0.635. The Labute approximate surface area is 209 Å². The molecule has 14 nitrogen and oxygen atoms in total. The monoisotopic (exact) mass is 528 g/mol. The fraction of sp³-hybridized carbons (Fsp3) is 0.696. The molecule has 0 amide bonds. The van der Waals surface area contributed by atoms with E-state index in [0.717, 1.165) is 12.1 Å². The molecule has 14 heteroatoms. The number of aromatic hydroxyl groups is 3. The van der Waals surface area contributed by atoms with E-state index in [4.69, 9.17) is 23.7 Å². The Kier molecular flexibility index (Phi) is 5.18. The van der Waals surface area contributed by atoms with Crippen LogP contribution in [0.5, 0.6) is 17.2 Å². The predicted molar refractivity (Wildman–Crippen MR) is 114 cm³/mol. The molecule has 204 valence electrons. The van der Waals surface area contributed by atoms with Crippen LogP contribution in [0, 0.1) is 11.3 Å². The van der Waals surface area contributed by atoms with Gasteiger partial charge in [0.05, 0.1) is 17.6 Å². The van der Waals surface area contributed by atoms with Crippen molar-refractivity contribution in [1.29, 1.82) is 0 Å². The van der Waals surface area contributed by atoms with E-state index in [1.807, 2.05) is 0 Å². The number of benzene rings is 1. The van der Waals surface area contributed by atoms with E-state index < -0.39 is 102 Å². The molecule has 0 aromatic heterocycles. The van der Waals surface area contributed by atoms with Gasteiger partial charge in [0, 0.05) is 12.3 Å². The SMILES string of the molecule is C[C@@]12C[C@@]3(O)O[C@H](O1)[C@]1(CO)[C@@H]3C[C@]12O[C@@H]1O[C@H](COC(=O)c2cc(O)c(O)c(O)c2)[C@@H](O)[C@H](O)[C@H]1O. The van der Waals surface area contributed by atoms with Gasteiger partial charge < -0.3 is 64.5 Å². The first-order chi connectivity index (χ1) is 17.3. The fourth-order valence-electron chi connectivity index (χ4n) is 7.01. The molecule has 4 heterocycles. The third-order valence-corrected chi connectivity index (χ3v) is 8.89. The van der Waals surface area contributed by atoms with Crippen molar-refractivity contribution in [2.75, 3.05) is 13.2 Å². The van der Waals surface area contributed by atoms with Crippen LogP contribution in [0.1, 0.15) is 30.1 Å². The molecule has 11 atom stereocenters. The second-order valence-corrected chi connectivity index (χ2v) is 10.7. The van der Waals surface area contributed by atoms with E-state index in [9.17, 15) is 45.6 Å². The van der Waals surface area contributed by atoms with Gasteiger partial charge in [0.1, 0.15) is 42.2 Å². The summed E-state index contributed by atoms with van der Waals surface area (Å²) in [7, 11) is 0. The van der Waals surface area contributed by atoms with Gasteiger partial charge >= 0.3 is 5.97 Å². The number of phenolic OH excluding ortho intramolecular Hbond substituents is 3. The predicted octanol–water partition coefficient (Wildman–Crippen LogP) is -2.24. The second-order valence-electron chi connectivity index (χ2n) is 10.7. The summed E-state index contributed by atoms with van der Waals surface area (Å²) >= 11 is 0. The van der Waals surface area contributed by atoms with E-state index in [0.29, 0.717) is 0 Å². The number of carbonyl (C=O) groups excluding carboxylic acids is 1. The molecule has 1 aromatic carbocycles. The molecule has 7 aliphatic rings. The third-order valence-electron chi connectivity index (χ3n) is 8.89. The first-order valence-electron chi connectivity index (χ1n) is 11.8. The lowest BCUT2D eigenvalue weighted by Gasteiger charge is -2.67. The van der Waals surface area contributed by atoms with Crippen LogP contribution in [0.2, 0.25) is 0 Å². The normalized spacial score (nSPS) is 49.2. The second kappa shape index (κ2) is 7.65. The molecule has 3 saturated carbocycles. The summed E-state index contributed by atoms with van der Waals surface area (Å²) in [6.07, 6.45) is -8.76. The van der Waals surface area contributed by atoms with E-state index in [2.05, 4.69) is 0 Å². The minimum absolute atomic E-state index is 0.0459. The van der Waals surface area contributed by atoms with Crippen molar-refractivity contribution in [3.63, 3.8) is 0 Å². The van der Waals surface area contributed by atoms with Gasteiger partial charge in [-0.25, -0.2) is 4.79 Å². The first kappa shape index (κ1) is 25.0. The maximum Gasteiger partial charge on any atom is 0.338 e. The highest BCUT2D eigenvalue weighted by Gasteiger charge is 2.94. The molecule has 0 radical (unpaired) electrons. The number of phenols is 3. The number of ether oxygens (including phenoxy) is 5. The van der Waals surface area contributed by atoms with E-state index in [1.54, 1.807) is 6.92 Å². The van der Waals surface area contributed by atoms with Crippen molar-refractivity contribution in [3.05, 3.63) is 17.7 Å². The van der Waals surface area contributed by atoms with Crippen LogP contribution < -0.4 is 0 Å². The molecular formula is C23H28O14. The Hall–Kier alpha value is -2.27. The Morgan fingerprint density at radius 3 is 2.41 bits per heavy atom. The molecule has 8 rings (SSSR count). The molecule has 6 bridgehead atoms. The van der Waals surface area contributed by atoms with Gasteiger partial charge in [-0.15, -0.1) is 0 Å². The van der Waals surface area contributed by atoms with E-state index >= 15 is 0 Å². The molecule has 8 N–H and O–H groups in total. The number of carbonyl (C=O) groups is 1. The van der Waals surface area contributed by atoms with Gasteiger partial charge in [0.25, 0.3) is 0 Å². The Morgan fingerprint density at radius 2 is 1.76 bits per heavy atom. The smallest absolute Gasteiger partial charge is 0.338 e. The van der Waals surface area contributed by atoms with Gasteiger partial charge in [0.2, 0.25) is 0 Å². The van der Waals surface area contributed by atoms with Gasteiger partial charge in [0.15, 0.2) is 35.6 Å². The number of hydrogen-bond donors (Lipinski definition) is 8. The maximum absolute atomic E-state index is 12.4. The summed E-state index contributed by atoms with van der Waals surface area (Å²) in [4.78, 5) is 12.4. The summed E-state index contributed by atoms with van der Waals surface area (Å²) in [5.41, 5.74) is -3.81. The molecule has 3 aliphatic carbocycles. The molecular weight excluding hydrogens is 500 g/mol. The van der Waals surface area contributed by atoms with Crippen molar-refractivity contribution in [3.8, 4) is 17.2 Å². The minimum Gasteiger partial charge on any atom is -0.504 e. The lowest BCUT2D eigenvalue weighted by atomic mass is 9.41. The largest absolute Gasteiger partial charge is 0.504 e. The Balaban J connectivity index is 1.20. The van der Waals surface area contributed by atoms with Crippen molar-refractivity contribution in [2.24, 2.45) is 11.3 Å². The van der Waals surface area contributed by atoms with Crippen molar-refractivity contribution >= 4 is 5.97 Å². The summed E-state index contributed by atoms with van der Waals surface area (Å²) in [6, 6.07) is 1.72. The highest BCUT2D eigenvalue weighted by Crippen LogP contribution is 2.81. The average molecular weight is 528 g/mol. The van der Waals surface area contributed by atoms with Crippen LogP contribution in [0.4, 0.5) is 0 Å². The van der Waals surface area contributed by atoms with Crippen LogP contribution in [-0.2, 0) is 23.7 Å². The molecule has 4 aliphatic heterocycles. The topological polar surface area (TPSA) is 225 Å². The van der Waals surface area contributed by atoms with Gasteiger partial charge in [-0.05, 0) is 25.5 Å². The number of esters is 1. The molecule has 1 aromatic rings. The van der Waals surface area contributed by atoms with E-state index in [1.165, 1.54) is 0 Å². The van der Waals surface area contributed by atoms with Gasteiger partial charge in [-0.1, -0.05) is 0 Å². The highest BCUT2D eigenvalue weighted by atomic mass is 16.8. The summed E-state index contributed by atoms with van der Waals surface area (Å²) in [5, 5.41) is 81.5. The number of aliphatic hydroxyl groups excluding tert-OH is 4. The van der Waals surface area contributed by atoms with Gasteiger partial charge in [-0.3, -0.25) is 0 Å². The number of hydrogen-bond acceptors (Lipinski definition) is 14. The zero-order valence-electron chi connectivity index (χ0n) is 19.6. The van der Waals surface area contributed by atoms with Gasteiger partial charge in [-0.2, -0.15) is 0 Å². The maximum atomic E-state index is 12.4. The number of rotatable bonds is 6. The Morgan fingerprint density at radius 1 is 1.08 bits per heavy atom. The van der Waals surface area contributed by atoms with Crippen LogP contribution in [0.25, 0.3) is 0 Å². The molecule has 0 unspecified atom stereocenters. The number of aliphatic hydroxyl groups is 5. The molecule has 0 spiro atoms. The zero-order chi connectivity index (χ0) is 26.7. The quantitative estimate of drug-likeness (QED) is 0.144. The minimum atomic E-state index is -1.76. The standard InChI is InChI=1S/C23H28O14/c1-20-6-22(32)12-4-23(20,21(12,7-24)19(36-20)37-22)35-18-16(30)15(29)14(28)11(34-18)5-33-17(31)8-2-9(25)13(27)10(26)3-8/h2-3,11-12,14-16,18-19,24-30,32H,4-7H2,1H3/t11-,12+,14-,15+,16-,18+,19+,20+,21+,22-,23-/m1/s1. The van der Waals surface area contributed by atoms with Crippen LogP contribution in [0.15, 0.2) is 12.1 Å². The van der Waals surface area contributed by atoms with Crippen molar-refractivity contribution in [2.45, 2.75) is 73.8 Å². The highest BCUT2D eigenvalue weighted by molar-refractivity contribution is 5.91. The fourth-order valence-corrected chi connectivity index (χ4v) is 7.01. The molecule has 7 fully saturated rings. The first-order valence-corrected chi connectivity index (χ1v) is 11.8.